The molecule has 0 bridgehead atoms. The van der Waals surface area contributed by atoms with Gasteiger partial charge in [0, 0.05) is 13.1 Å². The van der Waals surface area contributed by atoms with Crippen LogP contribution in [0.4, 0.5) is 0 Å². The van der Waals surface area contributed by atoms with Gasteiger partial charge in [-0.3, -0.25) is 14.5 Å². The molecule has 4 nitrogen and oxygen atoms in total. The quantitative estimate of drug-likeness (QED) is 0.564. The monoisotopic (exact) mass is 222 g/mol. The fraction of sp³-hybridized carbons (Fsp3) is 0.667. The highest BCUT2D eigenvalue weighted by atomic mass is 16.2. The third-order valence-electron chi connectivity index (χ3n) is 3.52. The van der Waals surface area contributed by atoms with Gasteiger partial charge in [-0.05, 0) is 12.8 Å². The van der Waals surface area contributed by atoms with Crippen LogP contribution in [0.3, 0.4) is 0 Å². The molecule has 2 N–H and O–H groups in total. The van der Waals surface area contributed by atoms with Gasteiger partial charge in [0.2, 0.25) is 11.8 Å². The van der Waals surface area contributed by atoms with Gasteiger partial charge in [0.25, 0.3) is 0 Å². The Kier molecular flexibility index (Phi) is 3.39. The summed E-state index contributed by atoms with van der Waals surface area (Å²) in [5, 5.41) is 0. The lowest BCUT2D eigenvalue weighted by Crippen LogP contribution is -2.31. The van der Waals surface area contributed by atoms with E-state index in [4.69, 9.17) is 5.73 Å². The van der Waals surface area contributed by atoms with Crippen LogP contribution in [0.1, 0.15) is 25.7 Å². The molecule has 0 radical (unpaired) electrons. The molecule has 0 spiro atoms. The van der Waals surface area contributed by atoms with E-state index in [-0.39, 0.29) is 23.7 Å². The highest BCUT2D eigenvalue weighted by Gasteiger charge is 2.47. The van der Waals surface area contributed by atoms with Crippen molar-refractivity contribution in [1.29, 1.82) is 0 Å². The Morgan fingerprint density at radius 1 is 1.12 bits per heavy atom. The number of carbonyl (C=O) groups excluding carboxylic acids is 2. The molecule has 1 aliphatic heterocycles. The zero-order chi connectivity index (χ0) is 11.5. The SMILES string of the molecule is NC/C=C/CN1C(=O)C2CCCCC2C1=O. The minimum atomic E-state index is -0.0347. The standard InChI is InChI=1S/C12H18N2O2/c13-7-3-4-8-14-11(15)9-5-1-2-6-10(9)12(14)16/h3-4,9-10H,1-2,5-8,13H2/b4-3+. The summed E-state index contributed by atoms with van der Waals surface area (Å²) in [6.45, 7) is 0.838. The van der Waals surface area contributed by atoms with Crippen LogP contribution in [-0.2, 0) is 9.59 Å². The van der Waals surface area contributed by atoms with E-state index in [1.54, 1.807) is 12.2 Å². The minimum Gasteiger partial charge on any atom is -0.327 e. The van der Waals surface area contributed by atoms with Gasteiger partial charge in [-0.1, -0.05) is 25.0 Å². The molecule has 1 saturated carbocycles. The van der Waals surface area contributed by atoms with E-state index >= 15 is 0 Å². The predicted molar refractivity (Wildman–Crippen MR) is 60.4 cm³/mol. The summed E-state index contributed by atoms with van der Waals surface area (Å²) in [5.41, 5.74) is 5.32. The Morgan fingerprint density at radius 3 is 2.19 bits per heavy atom. The van der Waals surface area contributed by atoms with Crippen LogP contribution in [-0.4, -0.2) is 29.8 Å². The Morgan fingerprint density at radius 2 is 1.69 bits per heavy atom. The van der Waals surface area contributed by atoms with Crippen molar-refractivity contribution in [2.24, 2.45) is 17.6 Å². The summed E-state index contributed by atoms with van der Waals surface area (Å²) in [4.78, 5) is 25.4. The summed E-state index contributed by atoms with van der Waals surface area (Å²) < 4.78 is 0. The summed E-state index contributed by atoms with van der Waals surface area (Å²) in [6, 6.07) is 0. The van der Waals surface area contributed by atoms with Crippen molar-refractivity contribution in [3.05, 3.63) is 12.2 Å². The lowest BCUT2D eigenvalue weighted by atomic mass is 9.81. The van der Waals surface area contributed by atoms with Gasteiger partial charge in [-0.15, -0.1) is 0 Å². The molecule has 2 aliphatic rings. The van der Waals surface area contributed by atoms with Crippen molar-refractivity contribution in [2.75, 3.05) is 13.1 Å². The van der Waals surface area contributed by atoms with Crippen LogP contribution in [0, 0.1) is 11.8 Å². The molecule has 1 aliphatic carbocycles. The van der Waals surface area contributed by atoms with Crippen LogP contribution < -0.4 is 5.73 Å². The van der Waals surface area contributed by atoms with Crippen molar-refractivity contribution in [2.45, 2.75) is 25.7 Å². The maximum Gasteiger partial charge on any atom is 0.233 e. The van der Waals surface area contributed by atoms with E-state index in [0.717, 1.165) is 25.7 Å². The molecule has 4 heteroatoms. The molecule has 1 saturated heterocycles. The minimum absolute atomic E-state index is 0.0244. The molecule has 1 heterocycles. The number of nitrogens with zero attached hydrogens (tertiary/aromatic N) is 1. The zero-order valence-electron chi connectivity index (χ0n) is 9.39. The second-order valence-corrected chi connectivity index (χ2v) is 4.49. The third-order valence-corrected chi connectivity index (χ3v) is 3.52. The van der Waals surface area contributed by atoms with E-state index in [1.807, 2.05) is 0 Å². The largest absolute Gasteiger partial charge is 0.327 e. The van der Waals surface area contributed by atoms with Crippen LogP contribution >= 0.6 is 0 Å². The van der Waals surface area contributed by atoms with E-state index in [0.29, 0.717) is 13.1 Å². The van der Waals surface area contributed by atoms with E-state index < -0.39 is 0 Å². The fourth-order valence-corrected chi connectivity index (χ4v) is 2.69. The summed E-state index contributed by atoms with van der Waals surface area (Å²) in [5.74, 6) is -0.0206. The zero-order valence-corrected chi connectivity index (χ0v) is 9.39. The first kappa shape index (κ1) is 11.3. The molecule has 2 amide bonds. The number of hydrogen-bond acceptors (Lipinski definition) is 3. The van der Waals surface area contributed by atoms with Gasteiger partial charge in [-0.2, -0.15) is 0 Å². The first-order valence-corrected chi connectivity index (χ1v) is 5.96. The topological polar surface area (TPSA) is 63.4 Å². The Balaban J connectivity index is 2.06. The molecule has 16 heavy (non-hydrogen) atoms. The second kappa shape index (κ2) is 4.78. The number of carbonyl (C=O) groups is 2. The molecule has 2 fully saturated rings. The third kappa shape index (κ3) is 1.89. The number of hydrogen-bond donors (Lipinski definition) is 1. The van der Waals surface area contributed by atoms with Gasteiger partial charge < -0.3 is 5.73 Å². The van der Waals surface area contributed by atoms with Gasteiger partial charge in [0.05, 0.1) is 11.8 Å². The van der Waals surface area contributed by atoms with Gasteiger partial charge in [0.15, 0.2) is 0 Å². The van der Waals surface area contributed by atoms with Crippen LogP contribution in [0.15, 0.2) is 12.2 Å². The summed E-state index contributed by atoms with van der Waals surface area (Å²) in [7, 11) is 0. The fourth-order valence-electron chi connectivity index (χ4n) is 2.69. The maximum absolute atomic E-state index is 12.0. The number of rotatable bonds is 3. The number of amides is 2. The molecular formula is C12H18N2O2. The second-order valence-electron chi connectivity index (χ2n) is 4.49. The Hall–Kier alpha value is -1.16. The molecule has 0 aromatic rings. The van der Waals surface area contributed by atoms with Crippen molar-refractivity contribution in [3.63, 3.8) is 0 Å². The van der Waals surface area contributed by atoms with E-state index in [1.165, 1.54) is 4.90 Å². The lowest BCUT2D eigenvalue weighted by molar-refractivity contribution is -0.139. The van der Waals surface area contributed by atoms with Gasteiger partial charge in [0.1, 0.15) is 0 Å². The molecular weight excluding hydrogens is 204 g/mol. The molecule has 0 aromatic heterocycles. The Labute approximate surface area is 95.5 Å². The van der Waals surface area contributed by atoms with Gasteiger partial charge in [-0.25, -0.2) is 0 Å². The van der Waals surface area contributed by atoms with Crippen LogP contribution in [0.2, 0.25) is 0 Å². The van der Waals surface area contributed by atoms with Crippen molar-refractivity contribution < 1.29 is 9.59 Å². The molecule has 2 rings (SSSR count). The number of likely N-dealkylation sites (tertiary alicyclic amines) is 1. The first-order chi connectivity index (χ1) is 7.75. The molecule has 88 valence electrons. The maximum atomic E-state index is 12.0. The van der Waals surface area contributed by atoms with Crippen molar-refractivity contribution in [1.82, 2.24) is 4.90 Å². The average molecular weight is 222 g/mol. The van der Waals surface area contributed by atoms with Gasteiger partial charge >= 0.3 is 0 Å². The normalized spacial score (nSPS) is 30.2. The van der Waals surface area contributed by atoms with Crippen molar-refractivity contribution in [3.8, 4) is 0 Å². The number of fused-ring (bicyclic) bond motifs is 1. The summed E-state index contributed by atoms with van der Waals surface area (Å²) in [6.07, 6.45) is 7.49. The smallest absolute Gasteiger partial charge is 0.233 e. The van der Waals surface area contributed by atoms with Crippen LogP contribution in [0.5, 0.6) is 0 Å². The predicted octanol–water partition coefficient (Wildman–Crippen LogP) is 0.676. The molecule has 2 unspecified atom stereocenters. The number of imide groups is 1. The highest BCUT2D eigenvalue weighted by molar-refractivity contribution is 6.05. The molecule has 2 atom stereocenters. The van der Waals surface area contributed by atoms with E-state index in [2.05, 4.69) is 0 Å². The lowest BCUT2D eigenvalue weighted by Gasteiger charge is -2.19. The highest BCUT2D eigenvalue weighted by Crippen LogP contribution is 2.37. The molecule has 0 aromatic carbocycles. The number of nitrogens with two attached hydrogens (primary N) is 1. The Bertz CT molecular complexity index is 301. The van der Waals surface area contributed by atoms with Crippen LogP contribution in [0.25, 0.3) is 0 Å². The summed E-state index contributed by atoms with van der Waals surface area (Å²) >= 11 is 0. The van der Waals surface area contributed by atoms with E-state index in [9.17, 15) is 9.59 Å². The first-order valence-electron chi connectivity index (χ1n) is 5.96. The average Bonchev–Trinajstić information content (AvgIpc) is 2.55. The van der Waals surface area contributed by atoms with Crippen molar-refractivity contribution >= 4 is 11.8 Å².